The van der Waals surface area contributed by atoms with Crippen molar-refractivity contribution in [3.8, 4) is 0 Å². The lowest BCUT2D eigenvalue weighted by molar-refractivity contribution is -0.140. The van der Waals surface area contributed by atoms with Crippen LogP contribution in [-0.4, -0.2) is 13.2 Å². The molecule has 0 spiro atoms. The maximum atomic E-state index is 12.5. The topological polar surface area (TPSA) is 12.0 Å². The van der Waals surface area contributed by atoms with Gasteiger partial charge in [0.2, 0.25) is 0 Å². The fraction of sp³-hybridized carbons (Fsp3) is 0.571. The van der Waals surface area contributed by atoms with Crippen molar-refractivity contribution in [3.05, 3.63) is 34.9 Å². The Kier molecular flexibility index (Phi) is 3.95. The molecule has 0 bridgehead atoms. The van der Waals surface area contributed by atoms with E-state index in [0.29, 0.717) is 0 Å². The number of hydrogen-bond acceptors (Lipinski definition) is 1. The van der Waals surface area contributed by atoms with E-state index in [9.17, 15) is 13.2 Å². The Bertz CT molecular complexity index is 412. The van der Waals surface area contributed by atoms with Crippen LogP contribution in [0.2, 0.25) is 0 Å². The molecule has 0 amide bonds. The van der Waals surface area contributed by atoms with E-state index in [2.05, 4.69) is 5.32 Å². The van der Waals surface area contributed by atoms with Gasteiger partial charge >= 0.3 is 6.18 Å². The molecule has 2 rings (SSSR count). The van der Waals surface area contributed by atoms with Crippen molar-refractivity contribution in [1.29, 1.82) is 0 Å². The molecule has 0 saturated heterocycles. The number of aryl methyl sites for hydroxylation is 2. The SMILES string of the molecule is CNC(CC(F)(F)F)c1ccc2c(c1)CCCC2. The molecule has 0 radical (unpaired) electrons. The van der Waals surface area contributed by atoms with E-state index in [4.69, 9.17) is 0 Å². The molecule has 0 aliphatic heterocycles. The smallest absolute Gasteiger partial charge is 0.313 e. The second-order valence-electron chi connectivity index (χ2n) is 4.90. The van der Waals surface area contributed by atoms with E-state index in [1.807, 2.05) is 18.2 Å². The predicted octanol–water partition coefficient (Wildman–Crippen LogP) is 3.78. The monoisotopic (exact) mass is 257 g/mol. The first-order valence-electron chi connectivity index (χ1n) is 6.35. The van der Waals surface area contributed by atoms with Crippen molar-refractivity contribution in [2.75, 3.05) is 7.05 Å². The van der Waals surface area contributed by atoms with Crippen molar-refractivity contribution in [2.24, 2.45) is 0 Å². The van der Waals surface area contributed by atoms with E-state index in [1.54, 1.807) is 7.05 Å². The van der Waals surface area contributed by atoms with Gasteiger partial charge in [-0.05, 0) is 49.4 Å². The van der Waals surface area contributed by atoms with E-state index in [1.165, 1.54) is 17.5 Å². The first kappa shape index (κ1) is 13.4. The fourth-order valence-corrected chi connectivity index (χ4v) is 2.59. The molecule has 1 aliphatic rings. The van der Waals surface area contributed by atoms with Gasteiger partial charge in [0.15, 0.2) is 0 Å². The van der Waals surface area contributed by atoms with Crippen molar-refractivity contribution >= 4 is 0 Å². The van der Waals surface area contributed by atoms with Gasteiger partial charge in [0.25, 0.3) is 0 Å². The van der Waals surface area contributed by atoms with E-state index < -0.39 is 18.6 Å². The van der Waals surface area contributed by atoms with Gasteiger partial charge in [0, 0.05) is 6.04 Å². The summed E-state index contributed by atoms with van der Waals surface area (Å²) in [5, 5.41) is 2.76. The minimum Gasteiger partial charge on any atom is -0.313 e. The number of hydrogen-bond donors (Lipinski definition) is 1. The summed E-state index contributed by atoms with van der Waals surface area (Å²) in [5.74, 6) is 0. The predicted molar refractivity (Wildman–Crippen MR) is 65.6 cm³/mol. The lowest BCUT2D eigenvalue weighted by atomic mass is 9.88. The van der Waals surface area contributed by atoms with Crippen LogP contribution in [-0.2, 0) is 12.8 Å². The Morgan fingerprint density at radius 2 is 1.83 bits per heavy atom. The molecule has 0 aromatic heterocycles. The number of halogens is 3. The van der Waals surface area contributed by atoms with E-state index >= 15 is 0 Å². The summed E-state index contributed by atoms with van der Waals surface area (Å²) in [6.45, 7) is 0. The van der Waals surface area contributed by atoms with Crippen molar-refractivity contribution in [2.45, 2.75) is 44.3 Å². The van der Waals surface area contributed by atoms with Gasteiger partial charge in [-0.2, -0.15) is 13.2 Å². The number of nitrogens with one attached hydrogen (secondary N) is 1. The number of alkyl halides is 3. The lowest BCUT2D eigenvalue weighted by Crippen LogP contribution is -2.24. The zero-order valence-corrected chi connectivity index (χ0v) is 10.5. The molecule has 0 fully saturated rings. The van der Waals surface area contributed by atoms with Gasteiger partial charge in [0.1, 0.15) is 0 Å². The third kappa shape index (κ3) is 3.25. The van der Waals surface area contributed by atoms with E-state index in [-0.39, 0.29) is 0 Å². The Balaban J connectivity index is 2.21. The average Bonchev–Trinajstić information content (AvgIpc) is 2.34. The molecule has 1 aromatic rings. The van der Waals surface area contributed by atoms with Crippen LogP contribution in [0.4, 0.5) is 13.2 Å². The molecule has 1 aliphatic carbocycles. The molecular formula is C14H18F3N. The summed E-state index contributed by atoms with van der Waals surface area (Å²) in [6, 6.07) is 5.13. The summed E-state index contributed by atoms with van der Waals surface area (Å²) < 4.78 is 37.4. The first-order chi connectivity index (χ1) is 8.49. The van der Waals surface area contributed by atoms with Crippen LogP contribution in [0.3, 0.4) is 0 Å². The molecule has 1 aromatic carbocycles. The molecule has 1 atom stereocenters. The summed E-state index contributed by atoms with van der Waals surface area (Å²) in [5.41, 5.74) is 3.27. The zero-order chi connectivity index (χ0) is 13.2. The second kappa shape index (κ2) is 5.31. The Morgan fingerprint density at radius 3 is 2.44 bits per heavy atom. The minimum absolute atomic E-state index is 0.641. The summed E-state index contributed by atoms with van der Waals surface area (Å²) in [4.78, 5) is 0. The van der Waals surface area contributed by atoms with Gasteiger partial charge in [-0.1, -0.05) is 18.2 Å². The van der Waals surface area contributed by atoms with Crippen LogP contribution >= 0.6 is 0 Å². The van der Waals surface area contributed by atoms with Crippen LogP contribution in [0, 0.1) is 0 Å². The van der Waals surface area contributed by atoms with Crippen molar-refractivity contribution < 1.29 is 13.2 Å². The Hall–Kier alpha value is -1.03. The molecule has 100 valence electrons. The molecule has 1 nitrogen and oxygen atoms in total. The minimum atomic E-state index is -4.14. The molecule has 0 heterocycles. The summed E-state index contributed by atoms with van der Waals surface area (Å²) >= 11 is 0. The highest BCUT2D eigenvalue weighted by Crippen LogP contribution is 2.31. The van der Waals surface area contributed by atoms with Crippen molar-refractivity contribution in [3.63, 3.8) is 0 Å². The summed E-state index contributed by atoms with van der Waals surface area (Å²) in [7, 11) is 1.58. The van der Waals surface area contributed by atoms with Gasteiger partial charge < -0.3 is 5.32 Å². The maximum absolute atomic E-state index is 12.5. The fourth-order valence-electron chi connectivity index (χ4n) is 2.59. The van der Waals surface area contributed by atoms with Crippen LogP contribution in [0.1, 0.15) is 42.0 Å². The normalized spacial score (nSPS) is 17.3. The third-order valence-corrected chi connectivity index (χ3v) is 3.56. The second-order valence-corrected chi connectivity index (χ2v) is 4.90. The third-order valence-electron chi connectivity index (χ3n) is 3.56. The standard InChI is InChI=1S/C14H18F3N/c1-18-13(9-14(15,16)17)12-7-6-10-4-2-3-5-11(10)8-12/h6-8,13,18H,2-5,9H2,1H3. The summed E-state index contributed by atoms with van der Waals surface area (Å²) in [6.07, 6.45) is -0.582. The molecule has 18 heavy (non-hydrogen) atoms. The largest absolute Gasteiger partial charge is 0.390 e. The Morgan fingerprint density at radius 1 is 1.17 bits per heavy atom. The van der Waals surface area contributed by atoms with E-state index in [0.717, 1.165) is 24.8 Å². The van der Waals surface area contributed by atoms with Crippen molar-refractivity contribution in [1.82, 2.24) is 5.32 Å². The van der Waals surface area contributed by atoms with Crippen LogP contribution in [0.5, 0.6) is 0 Å². The van der Waals surface area contributed by atoms with Gasteiger partial charge in [0.05, 0.1) is 6.42 Å². The molecule has 4 heteroatoms. The van der Waals surface area contributed by atoms with Crippen LogP contribution < -0.4 is 5.32 Å². The average molecular weight is 257 g/mol. The number of fused-ring (bicyclic) bond motifs is 1. The molecule has 1 N–H and O–H groups in total. The van der Waals surface area contributed by atoms with Crippen LogP contribution in [0.15, 0.2) is 18.2 Å². The highest BCUT2D eigenvalue weighted by Gasteiger charge is 2.32. The lowest BCUT2D eigenvalue weighted by Gasteiger charge is -2.22. The zero-order valence-electron chi connectivity index (χ0n) is 10.5. The molecule has 0 saturated carbocycles. The maximum Gasteiger partial charge on any atom is 0.390 e. The number of benzene rings is 1. The van der Waals surface area contributed by atoms with Crippen LogP contribution in [0.25, 0.3) is 0 Å². The molecule has 1 unspecified atom stereocenters. The first-order valence-corrected chi connectivity index (χ1v) is 6.35. The highest BCUT2D eigenvalue weighted by molar-refractivity contribution is 5.35. The Labute approximate surface area is 105 Å². The quantitative estimate of drug-likeness (QED) is 0.869. The molecular weight excluding hydrogens is 239 g/mol. The highest BCUT2D eigenvalue weighted by atomic mass is 19.4. The van der Waals surface area contributed by atoms with Gasteiger partial charge in [-0.3, -0.25) is 0 Å². The number of rotatable bonds is 3. The van der Waals surface area contributed by atoms with Gasteiger partial charge in [-0.15, -0.1) is 0 Å². The van der Waals surface area contributed by atoms with Gasteiger partial charge in [-0.25, -0.2) is 0 Å².